The molecule has 1 unspecified atom stereocenters. The van der Waals surface area contributed by atoms with Crippen LogP contribution in [-0.4, -0.2) is 36.1 Å². The number of ether oxygens (including phenoxy) is 1. The van der Waals surface area contributed by atoms with E-state index in [1.807, 2.05) is 60.7 Å². The van der Waals surface area contributed by atoms with E-state index in [0.717, 1.165) is 11.4 Å². The summed E-state index contributed by atoms with van der Waals surface area (Å²) in [5.41, 5.74) is 1.52. The third-order valence-electron chi connectivity index (χ3n) is 4.72. The van der Waals surface area contributed by atoms with Crippen molar-refractivity contribution in [3.05, 3.63) is 60.7 Å². The maximum Gasteiger partial charge on any atom is 0.309 e. The molecule has 1 atom stereocenters. The van der Waals surface area contributed by atoms with Crippen molar-refractivity contribution in [3.63, 3.8) is 0 Å². The normalized spacial score (nSPS) is 25.2. The van der Waals surface area contributed by atoms with E-state index in [4.69, 9.17) is 4.74 Å². The quantitative estimate of drug-likeness (QED) is 0.672. The van der Waals surface area contributed by atoms with Crippen molar-refractivity contribution in [1.82, 2.24) is 0 Å². The zero-order valence-electron chi connectivity index (χ0n) is 13.6. The van der Waals surface area contributed by atoms with Gasteiger partial charge >= 0.3 is 5.97 Å². The molecular weight excluding hydrogens is 339 g/mol. The van der Waals surface area contributed by atoms with Crippen molar-refractivity contribution in [2.45, 2.75) is 11.8 Å². The first-order valence-corrected chi connectivity index (χ1v) is 9.80. The Morgan fingerprint density at radius 3 is 1.80 bits per heavy atom. The average molecular weight is 358 g/mol. The van der Waals surface area contributed by atoms with Crippen LogP contribution in [0, 0.1) is 0 Å². The van der Waals surface area contributed by atoms with E-state index in [-0.39, 0.29) is 13.0 Å². The lowest BCUT2D eigenvalue weighted by atomic mass is 10.3. The van der Waals surface area contributed by atoms with E-state index in [9.17, 15) is 14.5 Å². The molecule has 2 fully saturated rings. The van der Waals surface area contributed by atoms with Gasteiger partial charge in [0.15, 0.2) is 5.34 Å². The fourth-order valence-corrected chi connectivity index (χ4v) is 6.87. The number of aliphatic hydroxyl groups is 1. The van der Waals surface area contributed by atoms with E-state index in [2.05, 4.69) is 0 Å². The molecule has 130 valence electrons. The highest BCUT2D eigenvalue weighted by atomic mass is 31.2. The zero-order chi connectivity index (χ0) is 17.5. The second-order valence-corrected chi connectivity index (χ2v) is 9.17. The Balaban J connectivity index is 1.84. The highest BCUT2D eigenvalue weighted by Crippen LogP contribution is 2.69. The number of esters is 1. The van der Waals surface area contributed by atoms with Gasteiger partial charge in [0, 0.05) is 24.5 Å². The van der Waals surface area contributed by atoms with Crippen LogP contribution in [0.2, 0.25) is 0 Å². The molecule has 0 radical (unpaired) electrons. The van der Waals surface area contributed by atoms with Crippen LogP contribution in [0.25, 0.3) is 0 Å². The SMILES string of the molecule is O=C1CC(O)(P2(=O)N(c3ccccc3)CCN2c2ccccc2)CO1. The third kappa shape index (κ3) is 2.44. The lowest BCUT2D eigenvalue weighted by molar-refractivity contribution is -0.137. The number of anilines is 2. The van der Waals surface area contributed by atoms with Gasteiger partial charge < -0.3 is 19.2 Å². The molecule has 2 aromatic carbocycles. The van der Waals surface area contributed by atoms with Crippen LogP contribution >= 0.6 is 7.44 Å². The molecule has 25 heavy (non-hydrogen) atoms. The van der Waals surface area contributed by atoms with Crippen LogP contribution in [0.1, 0.15) is 6.42 Å². The first kappa shape index (κ1) is 16.2. The summed E-state index contributed by atoms with van der Waals surface area (Å²) in [6.45, 7) is 0.731. The smallest absolute Gasteiger partial charge is 0.309 e. The van der Waals surface area contributed by atoms with Gasteiger partial charge in [0.2, 0.25) is 0 Å². The monoisotopic (exact) mass is 358 g/mol. The van der Waals surface area contributed by atoms with Gasteiger partial charge in [-0.25, -0.2) is 0 Å². The van der Waals surface area contributed by atoms with E-state index >= 15 is 0 Å². The van der Waals surface area contributed by atoms with Crippen molar-refractivity contribution in [2.75, 3.05) is 29.0 Å². The standard InChI is InChI=1S/C18H19N2O4P/c21-17-13-18(22,14-24-17)25(23)19(15-7-3-1-4-8-15)11-12-20(25)16-9-5-2-6-10-16/h1-10,22H,11-14H2. The average Bonchev–Trinajstić information content (AvgIpc) is 3.18. The number of carbonyl (C=O) groups excluding carboxylic acids is 1. The summed E-state index contributed by atoms with van der Waals surface area (Å²) in [4.78, 5) is 11.7. The largest absolute Gasteiger partial charge is 0.462 e. The topological polar surface area (TPSA) is 70.1 Å². The number of hydrogen-bond acceptors (Lipinski definition) is 4. The predicted molar refractivity (Wildman–Crippen MR) is 95.7 cm³/mol. The number of para-hydroxylation sites is 2. The highest BCUT2D eigenvalue weighted by molar-refractivity contribution is 7.69. The fraction of sp³-hybridized carbons (Fsp3) is 0.278. The van der Waals surface area contributed by atoms with Crippen molar-refractivity contribution in [3.8, 4) is 0 Å². The third-order valence-corrected chi connectivity index (χ3v) is 8.26. The molecule has 4 rings (SSSR count). The Morgan fingerprint density at radius 1 is 0.920 bits per heavy atom. The molecule has 2 heterocycles. The number of cyclic esters (lactones) is 1. The molecule has 0 spiro atoms. The first-order chi connectivity index (χ1) is 12.0. The molecule has 2 aliphatic rings. The summed E-state index contributed by atoms with van der Waals surface area (Å²) in [6.07, 6.45) is -0.267. The van der Waals surface area contributed by atoms with Crippen molar-refractivity contribution in [1.29, 1.82) is 0 Å². The van der Waals surface area contributed by atoms with Crippen molar-refractivity contribution in [2.24, 2.45) is 0 Å². The van der Waals surface area contributed by atoms with E-state index in [1.54, 1.807) is 9.34 Å². The van der Waals surface area contributed by atoms with Crippen LogP contribution in [0.15, 0.2) is 60.7 Å². The van der Waals surface area contributed by atoms with Crippen LogP contribution in [-0.2, 0) is 14.1 Å². The Morgan fingerprint density at radius 2 is 1.40 bits per heavy atom. The van der Waals surface area contributed by atoms with E-state index < -0.39 is 18.8 Å². The molecule has 0 bridgehead atoms. The molecular formula is C18H19N2O4P. The molecule has 6 nitrogen and oxygen atoms in total. The van der Waals surface area contributed by atoms with Gasteiger partial charge in [0.05, 0.1) is 6.42 Å². The maximum atomic E-state index is 14.3. The predicted octanol–water partition coefficient (Wildman–Crippen LogP) is 2.84. The zero-order valence-corrected chi connectivity index (χ0v) is 14.5. The lowest BCUT2D eigenvalue weighted by Crippen LogP contribution is -2.40. The Labute approximate surface area is 146 Å². The number of nitrogens with zero attached hydrogens (tertiary/aromatic N) is 2. The van der Waals surface area contributed by atoms with E-state index in [1.165, 1.54) is 0 Å². The molecule has 2 aliphatic heterocycles. The van der Waals surface area contributed by atoms with Crippen LogP contribution in [0.4, 0.5) is 11.4 Å². The second-order valence-electron chi connectivity index (χ2n) is 6.28. The van der Waals surface area contributed by atoms with Gasteiger partial charge in [-0.3, -0.25) is 9.36 Å². The number of rotatable bonds is 3. The summed E-state index contributed by atoms with van der Waals surface area (Å²) in [5.74, 6) is -0.523. The highest BCUT2D eigenvalue weighted by Gasteiger charge is 2.62. The Bertz CT molecular complexity index is 778. The van der Waals surface area contributed by atoms with Crippen molar-refractivity contribution >= 4 is 24.8 Å². The second kappa shape index (κ2) is 5.90. The minimum Gasteiger partial charge on any atom is -0.462 e. The Kier molecular flexibility index (Phi) is 3.82. The summed E-state index contributed by atoms with van der Waals surface area (Å²) in [7, 11) is -3.55. The first-order valence-electron chi connectivity index (χ1n) is 8.19. The number of benzene rings is 2. The van der Waals surface area contributed by atoms with Gasteiger partial charge in [0.1, 0.15) is 6.61 Å². The maximum absolute atomic E-state index is 14.3. The molecule has 1 N–H and O–H groups in total. The summed E-state index contributed by atoms with van der Waals surface area (Å²) < 4.78 is 22.8. The summed E-state index contributed by atoms with van der Waals surface area (Å²) in [6, 6.07) is 18.7. The fourth-order valence-electron chi connectivity index (χ4n) is 3.53. The van der Waals surface area contributed by atoms with Gasteiger partial charge in [-0.05, 0) is 24.3 Å². The molecule has 0 aromatic heterocycles. The van der Waals surface area contributed by atoms with Crippen LogP contribution < -0.4 is 9.34 Å². The minimum atomic E-state index is -3.55. The van der Waals surface area contributed by atoms with E-state index in [0.29, 0.717) is 13.1 Å². The van der Waals surface area contributed by atoms with Crippen molar-refractivity contribution < 1.29 is 19.2 Å². The molecule has 0 aliphatic carbocycles. The lowest BCUT2D eigenvalue weighted by Gasteiger charge is -2.40. The number of carbonyl (C=O) groups is 1. The van der Waals surface area contributed by atoms with Gasteiger partial charge in [-0.1, -0.05) is 36.4 Å². The molecule has 2 saturated heterocycles. The molecule has 0 saturated carbocycles. The van der Waals surface area contributed by atoms with Gasteiger partial charge in [-0.15, -0.1) is 0 Å². The summed E-state index contributed by atoms with van der Waals surface area (Å²) in [5, 5.41) is 9.46. The summed E-state index contributed by atoms with van der Waals surface area (Å²) >= 11 is 0. The van der Waals surface area contributed by atoms with Crippen LogP contribution in [0.5, 0.6) is 0 Å². The Hall–Kier alpha value is -2.30. The molecule has 2 aromatic rings. The number of hydrogen-bond donors (Lipinski definition) is 1. The van der Waals surface area contributed by atoms with Gasteiger partial charge in [-0.2, -0.15) is 0 Å². The van der Waals surface area contributed by atoms with Crippen LogP contribution in [0.3, 0.4) is 0 Å². The minimum absolute atomic E-state index is 0.254. The molecule has 0 amide bonds. The van der Waals surface area contributed by atoms with Gasteiger partial charge in [0.25, 0.3) is 7.44 Å². The molecule has 7 heteroatoms.